The van der Waals surface area contributed by atoms with Crippen LogP contribution in [0.15, 0.2) is 30.3 Å². The molecule has 1 aliphatic heterocycles. The minimum absolute atomic E-state index is 0.194. The molecule has 2 aromatic rings. The number of aryl methyl sites for hydroxylation is 1. The molecule has 134 valence electrons. The maximum absolute atomic E-state index is 5.74. The molecule has 6 heteroatoms. The lowest BCUT2D eigenvalue weighted by atomic mass is 9.74. The number of hydrogen-bond acceptors (Lipinski definition) is 6. The molecule has 1 aromatic carbocycles. The van der Waals surface area contributed by atoms with E-state index in [4.69, 9.17) is 11.5 Å². The molecule has 0 aliphatic carbocycles. The molecule has 6 nitrogen and oxygen atoms in total. The van der Waals surface area contributed by atoms with Crippen LogP contribution in [0.25, 0.3) is 0 Å². The first-order valence-corrected chi connectivity index (χ1v) is 9.16. The number of rotatable bonds is 6. The third kappa shape index (κ3) is 4.38. The van der Waals surface area contributed by atoms with Crippen LogP contribution in [0.3, 0.4) is 0 Å². The highest BCUT2D eigenvalue weighted by molar-refractivity contribution is 5.40. The number of aromatic nitrogens is 3. The van der Waals surface area contributed by atoms with Crippen LogP contribution >= 0.6 is 0 Å². The molecule has 1 aliphatic rings. The van der Waals surface area contributed by atoms with Gasteiger partial charge in [0.25, 0.3) is 0 Å². The Balaban J connectivity index is 1.66. The van der Waals surface area contributed by atoms with E-state index < -0.39 is 0 Å². The second kappa shape index (κ2) is 7.68. The third-order valence-electron chi connectivity index (χ3n) is 5.37. The fourth-order valence-corrected chi connectivity index (χ4v) is 3.90. The number of anilines is 3. The summed E-state index contributed by atoms with van der Waals surface area (Å²) in [5.41, 5.74) is 13.2. The first kappa shape index (κ1) is 17.5. The molecular weight excluding hydrogens is 312 g/mol. The molecule has 1 saturated heterocycles. The first-order chi connectivity index (χ1) is 12.1. The Morgan fingerprint density at radius 3 is 2.48 bits per heavy atom. The Bertz CT molecular complexity index is 669. The monoisotopic (exact) mass is 340 g/mol. The maximum Gasteiger partial charge on any atom is 0.231 e. The van der Waals surface area contributed by atoms with Crippen molar-refractivity contribution in [3.05, 3.63) is 35.9 Å². The van der Waals surface area contributed by atoms with Gasteiger partial charge in [0.15, 0.2) is 0 Å². The summed E-state index contributed by atoms with van der Waals surface area (Å²) in [6.45, 7) is 4.20. The third-order valence-corrected chi connectivity index (χ3v) is 5.37. The standard InChI is InChI=1S/C19H28N6/c1-2-19(11-6-10-15-8-4-3-5-9-15)12-7-13-25(14-19)18-23-16(20)22-17(21)24-18/h3-5,8-9H,2,6-7,10-14H2,1H3,(H4,20,21,22,23,24). The zero-order valence-electron chi connectivity index (χ0n) is 15.0. The summed E-state index contributed by atoms with van der Waals surface area (Å²) in [5, 5.41) is 0. The minimum atomic E-state index is 0.194. The second-order valence-corrected chi connectivity index (χ2v) is 7.07. The van der Waals surface area contributed by atoms with Gasteiger partial charge in [0.2, 0.25) is 17.8 Å². The van der Waals surface area contributed by atoms with Crippen LogP contribution in [0.1, 0.15) is 44.6 Å². The molecule has 0 amide bonds. The van der Waals surface area contributed by atoms with E-state index in [0.29, 0.717) is 11.4 Å². The van der Waals surface area contributed by atoms with Crippen LogP contribution in [-0.2, 0) is 6.42 Å². The molecule has 1 fully saturated rings. The van der Waals surface area contributed by atoms with Crippen LogP contribution in [0.5, 0.6) is 0 Å². The molecule has 0 saturated carbocycles. The highest BCUT2D eigenvalue weighted by atomic mass is 15.3. The number of nitrogens with zero attached hydrogens (tertiary/aromatic N) is 4. The van der Waals surface area contributed by atoms with E-state index in [-0.39, 0.29) is 11.9 Å². The fourth-order valence-electron chi connectivity index (χ4n) is 3.90. The van der Waals surface area contributed by atoms with E-state index >= 15 is 0 Å². The Kier molecular flexibility index (Phi) is 5.36. The Labute approximate surface area is 149 Å². The quantitative estimate of drug-likeness (QED) is 0.839. The molecule has 25 heavy (non-hydrogen) atoms. The van der Waals surface area contributed by atoms with Crippen molar-refractivity contribution in [2.75, 3.05) is 29.5 Å². The molecule has 0 spiro atoms. The highest BCUT2D eigenvalue weighted by Gasteiger charge is 2.34. The zero-order chi connectivity index (χ0) is 17.7. The lowest BCUT2D eigenvalue weighted by Gasteiger charge is -2.42. The molecule has 2 heterocycles. The summed E-state index contributed by atoms with van der Waals surface area (Å²) in [7, 11) is 0. The van der Waals surface area contributed by atoms with Gasteiger partial charge < -0.3 is 16.4 Å². The van der Waals surface area contributed by atoms with Crippen molar-refractivity contribution in [3.8, 4) is 0 Å². The van der Waals surface area contributed by atoms with Gasteiger partial charge >= 0.3 is 0 Å². The van der Waals surface area contributed by atoms with Crippen molar-refractivity contribution >= 4 is 17.8 Å². The van der Waals surface area contributed by atoms with E-state index in [1.165, 1.54) is 24.8 Å². The number of hydrogen-bond donors (Lipinski definition) is 2. The summed E-state index contributed by atoms with van der Waals surface area (Å²) in [5.74, 6) is 1.00. The van der Waals surface area contributed by atoms with Crippen molar-refractivity contribution in [1.29, 1.82) is 0 Å². The van der Waals surface area contributed by atoms with Gasteiger partial charge in [-0.15, -0.1) is 0 Å². The predicted molar refractivity (Wildman–Crippen MR) is 102 cm³/mol. The van der Waals surface area contributed by atoms with Gasteiger partial charge in [-0.2, -0.15) is 15.0 Å². The van der Waals surface area contributed by atoms with E-state index in [1.807, 2.05) is 0 Å². The topological polar surface area (TPSA) is 94.0 Å². The molecule has 4 N–H and O–H groups in total. The second-order valence-electron chi connectivity index (χ2n) is 7.07. The van der Waals surface area contributed by atoms with Gasteiger partial charge in [0, 0.05) is 13.1 Å². The van der Waals surface area contributed by atoms with Crippen LogP contribution in [-0.4, -0.2) is 28.0 Å². The van der Waals surface area contributed by atoms with Gasteiger partial charge in [-0.3, -0.25) is 0 Å². The van der Waals surface area contributed by atoms with Crippen molar-refractivity contribution in [1.82, 2.24) is 15.0 Å². The van der Waals surface area contributed by atoms with Crippen LogP contribution in [0, 0.1) is 5.41 Å². The fraction of sp³-hybridized carbons (Fsp3) is 0.526. The summed E-state index contributed by atoms with van der Waals surface area (Å²) in [6, 6.07) is 10.7. The van der Waals surface area contributed by atoms with Gasteiger partial charge in [0.05, 0.1) is 0 Å². The normalized spacial score (nSPS) is 20.6. The molecular formula is C19H28N6. The van der Waals surface area contributed by atoms with Crippen LogP contribution in [0.2, 0.25) is 0 Å². The Morgan fingerprint density at radius 1 is 1.08 bits per heavy atom. The van der Waals surface area contributed by atoms with Crippen LogP contribution in [0.4, 0.5) is 17.8 Å². The van der Waals surface area contributed by atoms with E-state index in [9.17, 15) is 0 Å². The van der Waals surface area contributed by atoms with Gasteiger partial charge in [-0.25, -0.2) is 0 Å². The van der Waals surface area contributed by atoms with Gasteiger partial charge in [-0.05, 0) is 49.5 Å². The average molecular weight is 340 g/mol. The zero-order valence-corrected chi connectivity index (χ0v) is 15.0. The smallest absolute Gasteiger partial charge is 0.231 e. The number of benzene rings is 1. The summed E-state index contributed by atoms with van der Waals surface area (Å²) < 4.78 is 0. The number of piperidine rings is 1. The molecule has 0 bridgehead atoms. The van der Waals surface area contributed by atoms with Crippen molar-refractivity contribution in [2.45, 2.75) is 45.4 Å². The van der Waals surface area contributed by atoms with Crippen molar-refractivity contribution in [2.24, 2.45) is 5.41 Å². The first-order valence-electron chi connectivity index (χ1n) is 9.16. The van der Waals surface area contributed by atoms with E-state index in [1.54, 1.807) is 0 Å². The van der Waals surface area contributed by atoms with E-state index in [2.05, 4.69) is 57.1 Å². The lowest BCUT2D eigenvalue weighted by molar-refractivity contribution is 0.197. The SMILES string of the molecule is CCC1(CCCc2ccccc2)CCCN(c2nc(N)nc(N)n2)C1. The van der Waals surface area contributed by atoms with Crippen molar-refractivity contribution in [3.63, 3.8) is 0 Å². The Hall–Kier alpha value is -2.37. The lowest BCUT2D eigenvalue weighted by Crippen LogP contribution is -2.44. The molecule has 3 rings (SSSR count). The highest BCUT2D eigenvalue weighted by Crippen LogP contribution is 2.39. The van der Waals surface area contributed by atoms with Gasteiger partial charge in [-0.1, -0.05) is 37.3 Å². The summed E-state index contributed by atoms with van der Waals surface area (Å²) in [4.78, 5) is 14.7. The van der Waals surface area contributed by atoms with Gasteiger partial charge in [0.1, 0.15) is 0 Å². The van der Waals surface area contributed by atoms with Crippen molar-refractivity contribution < 1.29 is 0 Å². The molecule has 1 atom stereocenters. The molecule has 1 aromatic heterocycles. The summed E-state index contributed by atoms with van der Waals surface area (Å²) >= 11 is 0. The number of nitrogens with two attached hydrogens (primary N) is 2. The maximum atomic E-state index is 5.74. The molecule has 0 radical (unpaired) electrons. The largest absolute Gasteiger partial charge is 0.368 e. The summed E-state index contributed by atoms with van der Waals surface area (Å²) in [6.07, 6.45) is 7.11. The predicted octanol–water partition coefficient (Wildman–Crippen LogP) is 3.06. The van der Waals surface area contributed by atoms with E-state index in [0.717, 1.165) is 32.4 Å². The Morgan fingerprint density at radius 2 is 1.80 bits per heavy atom. The average Bonchev–Trinajstić information content (AvgIpc) is 2.62. The van der Waals surface area contributed by atoms with Crippen LogP contribution < -0.4 is 16.4 Å². The molecule has 1 unspecified atom stereocenters. The number of nitrogen functional groups attached to an aromatic ring is 2. The minimum Gasteiger partial charge on any atom is -0.368 e.